The molecule has 4 aromatic rings. The van der Waals surface area contributed by atoms with E-state index in [1.54, 1.807) is 6.92 Å². The molecule has 2 aromatic heterocycles. The minimum atomic E-state index is -0.743. The minimum Gasteiger partial charge on any atom is -0.457 e. The van der Waals surface area contributed by atoms with Crippen LogP contribution < -0.4 is 10.9 Å². The molecule has 8 heteroatoms. The molecule has 0 radical (unpaired) electrons. The van der Waals surface area contributed by atoms with E-state index in [0.29, 0.717) is 32.8 Å². The lowest BCUT2D eigenvalue weighted by Gasteiger charge is -2.18. The molecule has 1 atom stereocenters. The summed E-state index contributed by atoms with van der Waals surface area (Å²) >= 11 is 1.12. The molecule has 2 aromatic carbocycles. The molecule has 0 bridgehead atoms. The Bertz CT molecular complexity index is 1440. The van der Waals surface area contributed by atoms with Crippen molar-refractivity contribution in [2.45, 2.75) is 46.8 Å². The molecule has 0 aliphatic heterocycles. The Morgan fingerprint density at radius 1 is 1.09 bits per heavy atom. The molecule has 7 nitrogen and oxygen atoms in total. The molecule has 1 N–H and O–H groups in total. The van der Waals surface area contributed by atoms with Crippen LogP contribution in [0.5, 0.6) is 0 Å². The first kappa shape index (κ1) is 24.3. The van der Waals surface area contributed by atoms with Gasteiger partial charge in [-0.05, 0) is 61.6 Å². The van der Waals surface area contributed by atoms with Crippen LogP contribution >= 0.6 is 11.3 Å². The lowest BCUT2D eigenvalue weighted by Crippen LogP contribution is -2.33. The largest absolute Gasteiger partial charge is 0.457 e. The summed E-state index contributed by atoms with van der Waals surface area (Å²) in [6.07, 6.45) is 1.79. The van der Waals surface area contributed by atoms with Crippen LogP contribution in [0.1, 0.15) is 51.3 Å². The molecule has 0 saturated heterocycles. The Morgan fingerprint density at radius 3 is 2.43 bits per heavy atom. The van der Waals surface area contributed by atoms with Crippen molar-refractivity contribution in [2.24, 2.45) is 0 Å². The van der Waals surface area contributed by atoms with Crippen molar-refractivity contribution >= 4 is 39.1 Å². The fourth-order valence-corrected chi connectivity index (χ4v) is 5.16. The SMILES string of the molecule is CCC(C(=O)Nc1cc(C)cc(C)c1)n1cnc2sc(C(=O)OCc3ccccc3)c(C)c2c1=O. The highest BCUT2D eigenvalue weighted by Gasteiger charge is 2.25. The number of benzene rings is 2. The van der Waals surface area contributed by atoms with Gasteiger partial charge < -0.3 is 10.1 Å². The number of carbonyl (C=O) groups excluding carboxylic acids is 2. The summed E-state index contributed by atoms with van der Waals surface area (Å²) in [6, 6.07) is 14.4. The first-order valence-corrected chi connectivity index (χ1v) is 12.2. The molecule has 0 aliphatic carbocycles. The zero-order chi connectivity index (χ0) is 25.1. The highest BCUT2D eigenvalue weighted by atomic mass is 32.1. The van der Waals surface area contributed by atoms with Gasteiger partial charge in [0.15, 0.2) is 0 Å². The van der Waals surface area contributed by atoms with E-state index in [1.807, 2.05) is 69.3 Å². The third-order valence-electron chi connectivity index (χ3n) is 5.79. The first-order valence-electron chi connectivity index (χ1n) is 11.4. The maximum Gasteiger partial charge on any atom is 0.349 e. The molecule has 0 saturated carbocycles. The van der Waals surface area contributed by atoms with Crippen LogP contribution in [0.2, 0.25) is 0 Å². The van der Waals surface area contributed by atoms with Crippen molar-refractivity contribution in [3.8, 4) is 0 Å². The van der Waals surface area contributed by atoms with Crippen LogP contribution in [0.3, 0.4) is 0 Å². The second-order valence-corrected chi connectivity index (χ2v) is 9.54. The van der Waals surface area contributed by atoms with Crippen LogP contribution in [0.4, 0.5) is 5.69 Å². The summed E-state index contributed by atoms with van der Waals surface area (Å²) in [5.41, 5.74) is 3.79. The zero-order valence-corrected chi connectivity index (χ0v) is 20.9. The summed E-state index contributed by atoms with van der Waals surface area (Å²) in [4.78, 5) is 44.5. The number of nitrogens with one attached hydrogen (secondary N) is 1. The minimum absolute atomic E-state index is 0.140. The van der Waals surface area contributed by atoms with Gasteiger partial charge in [0.05, 0.1) is 11.7 Å². The summed E-state index contributed by atoms with van der Waals surface area (Å²) in [7, 11) is 0. The molecule has 4 rings (SSSR count). The second-order valence-electron chi connectivity index (χ2n) is 8.54. The number of fused-ring (bicyclic) bond motifs is 1. The normalized spacial score (nSPS) is 11.9. The number of hydrogen-bond donors (Lipinski definition) is 1. The van der Waals surface area contributed by atoms with E-state index in [2.05, 4.69) is 10.3 Å². The molecule has 0 fully saturated rings. The molecule has 180 valence electrons. The Morgan fingerprint density at radius 2 is 1.77 bits per heavy atom. The van der Waals surface area contributed by atoms with Gasteiger partial charge in [0.25, 0.3) is 5.56 Å². The Labute approximate surface area is 207 Å². The number of amides is 1. The van der Waals surface area contributed by atoms with Crippen molar-refractivity contribution in [2.75, 3.05) is 5.32 Å². The van der Waals surface area contributed by atoms with Crippen molar-refractivity contribution in [1.82, 2.24) is 9.55 Å². The number of carbonyl (C=O) groups is 2. The third-order valence-corrected chi connectivity index (χ3v) is 6.97. The van der Waals surface area contributed by atoms with Crippen molar-refractivity contribution in [3.63, 3.8) is 0 Å². The zero-order valence-electron chi connectivity index (χ0n) is 20.1. The molecule has 0 spiro atoms. The molecular formula is C27H27N3O4S. The van der Waals surface area contributed by atoms with Crippen LogP contribution in [0, 0.1) is 20.8 Å². The lowest BCUT2D eigenvalue weighted by atomic mass is 10.1. The lowest BCUT2D eigenvalue weighted by molar-refractivity contribution is -0.119. The van der Waals surface area contributed by atoms with E-state index in [9.17, 15) is 14.4 Å². The number of rotatable bonds is 7. The van der Waals surface area contributed by atoms with Crippen molar-refractivity contribution in [1.29, 1.82) is 0 Å². The number of nitrogens with zero attached hydrogens (tertiary/aromatic N) is 2. The van der Waals surface area contributed by atoms with Crippen LogP contribution in [0.15, 0.2) is 59.7 Å². The molecule has 1 amide bonds. The Balaban J connectivity index is 1.61. The van der Waals surface area contributed by atoms with Gasteiger partial charge in [-0.1, -0.05) is 43.3 Å². The number of esters is 1. The van der Waals surface area contributed by atoms with E-state index in [4.69, 9.17) is 4.74 Å². The number of anilines is 1. The molecule has 0 aliphatic rings. The topological polar surface area (TPSA) is 90.3 Å². The predicted octanol–water partition coefficient (Wildman–Crippen LogP) is 5.33. The third kappa shape index (κ3) is 5.17. The van der Waals surface area contributed by atoms with Gasteiger partial charge in [-0.15, -0.1) is 11.3 Å². The Kier molecular flexibility index (Phi) is 7.12. The Hall–Kier alpha value is -3.78. The van der Waals surface area contributed by atoms with Gasteiger partial charge in [-0.2, -0.15) is 0 Å². The average molecular weight is 490 g/mol. The summed E-state index contributed by atoms with van der Waals surface area (Å²) < 4.78 is 6.80. The van der Waals surface area contributed by atoms with Crippen LogP contribution in [-0.2, 0) is 16.1 Å². The van der Waals surface area contributed by atoms with Crippen LogP contribution in [-0.4, -0.2) is 21.4 Å². The fourth-order valence-electron chi connectivity index (χ4n) is 4.12. The number of ether oxygens (including phenoxy) is 1. The summed E-state index contributed by atoms with van der Waals surface area (Å²) in [6.45, 7) is 7.62. The van der Waals surface area contributed by atoms with Crippen molar-refractivity contribution in [3.05, 3.63) is 92.3 Å². The number of hydrogen-bond acceptors (Lipinski definition) is 6. The monoisotopic (exact) mass is 489 g/mol. The molecule has 35 heavy (non-hydrogen) atoms. The maximum atomic E-state index is 13.4. The van der Waals surface area contributed by atoms with Crippen LogP contribution in [0.25, 0.3) is 10.2 Å². The van der Waals surface area contributed by atoms with Gasteiger partial charge in [-0.3, -0.25) is 14.2 Å². The highest BCUT2D eigenvalue weighted by molar-refractivity contribution is 7.20. The number of thiophene rings is 1. The standard InChI is InChI=1S/C27H27N3O4S/c1-5-21(24(31)29-20-12-16(2)11-17(3)13-20)30-15-28-25-22(26(30)32)18(4)23(35-25)27(33)34-14-19-9-7-6-8-10-19/h6-13,15,21H,5,14H2,1-4H3,(H,29,31). The fraction of sp³-hybridized carbons (Fsp3) is 0.259. The molecule has 1 unspecified atom stereocenters. The average Bonchev–Trinajstić information content (AvgIpc) is 3.16. The summed E-state index contributed by atoms with van der Waals surface area (Å²) in [5.74, 6) is -0.795. The van der Waals surface area contributed by atoms with Gasteiger partial charge in [-0.25, -0.2) is 9.78 Å². The molecular weight excluding hydrogens is 462 g/mol. The van der Waals surface area contributed by atoms with E-state index in [-0.39, 0.29) is 18.1 Å². The smallest absolute Gasteiger partial charge is 0.349 e. The summed E-state index contributed by atoms with van der Waals surface area (Å²) in [5, 5.41) is 3.26. The van der Waals surface area contributed by atoms with Gasteiger partial charge in [0.1, 0.15) is 22.4 Å². The quantitative estimate of drug-likeness (QED) is 0.354. The maximum absolute atomic E-state index is 13.4. The van der Waals surface area contributed by atoms with Gasteiger partial charge in [0.2, 0.25) is 5.91 Å². The van der Waals surface area contributed by atoms with Crippen molar-refractivity contribution < 1.29 is 14.3 Å². The second kappa shape index (κ2) is 10.2. The van der Waals surface area contributed by atoms with E-state index < -0.39 is 12.0 Å². The first-order chi connectivity index (χ1) is 16.8. The van der Waals surface area contributed by atoms with Gasteiger partial charge in [0, 0.05) is 5.69 Å². The highest BCUT2D eigenvalue weighted by Crippen LogP contribution is 2.28. The number of aryl methyl sites for hydroxylation is 3. The number of aromatic nitrogens is 2. The predicted molar refractivity (Wildman–Crippen MR) is 138 cm³/mol. The van der Waals surface area contributed by atoms with E-state index in [1.165, 1.54) is 10.9 Å². The van der Waals surface area contributed by atoms with E-state index in [0.717, 1.165) is 28.0 Å². The van der Waals surface area contributed by atoms with Gasteiger partial charge >= 0.3 is 5.97 Å². The molecule has 2 heterocycles. The van der Waals surface area contributed by atoms with E-state index >= 15 is 0 Å².